The van der Waals surface area contributed by atoms with E-state index in [0.717, 1.165) is 69.3 Å². The molecule has 6 nitrogen and oxygen atoms in total. The van der Waals surface area contributed by atoms with Gasteiger partial charge in [0.1, 0.15) is 5.76 Å². The van der Waals surface area contributed by atoms with Gasteiger partial charge < -0.3 is 9.52 Å². The van der Waals surface area contributed by atoms with Gasteiger partial charge in [-0.1, -0.05) is 6.07 Å². The number of hydrogen-bond acceptors (Lipinski definition) is 6. The second-order valence-corrected chi connectivity index (χ2v) is 8.74. The Bertz CT molecular complexity index is 1340. The summed E-state index contributed by atoms with van der Waals surface area (Å²) in [6.45, 7) is 0. The molecule has 0 radical (unpaired) electrons. The molecule has 4 aromatic heterocycles. The number of aliphatic hydroxyl groups excluding tert-OH is 1. The molecule has 150 valence electrons. The Labute approximate surface area is 176 Å². The van der Waals surface area contributed by atoms with Crippen LogP contribution in [0.1, 0.15) is 31.7 Å². The summed E-state index contributed by atoms with van der Waals surface area (Å²) < 4.78 is 9.35. The van der Waals surface area contributed by atoms with Crippen molar-refractivity contribution in [1.29, 1.82) is 0 Å². The van der Waals surface area contributed by atoms with Crippen LogP contribution in [0.15, 0.2) is 59.0 Å². The minimum Gasteiger partial charge on any atom is -0.454 e. The molecular weight excluding hydrogens is 396 g/mol. The van der Waals surface area contributed by atoms with Crippen LogP contribution in [0.3, 0.4) is 0 Å². The van der Waals surface area contributed by atoms with Gasteiger partial charge in [-0.2, -0.15) is 5.10 Å². The van der Waals surface area contributed by atoms with Crippen LogP contribution in [0.2, 0.25) is 0 Å². The van der Waals surface area contributed by atoms with Crippen molar-refractivity contribution in [2.24, 2.45) is 0 Å². The lowest BCUT2D eigenvalue weighted by atomic mass is 9.93. The number of thiazole rings is 1. The zero-order chi connectivity index (χ0) is 20.1. The highest BCUT2D eigenvalue weighted by atomic mass is 32.1. The van der Waals surface area contributed by atoms with Crippen LogP contribution in [-0.4, -0.2) is 31.0 Å². The number of hydrogen-bond donors (Lipinski definition) is 1. The molecule has 7 heteroatoms. The van der Waals surface area contributed by atoms with E-state index in [-0.39, 0.29) is 6.10 Å². The Morgan fingerprint density at radius 3 is 2.87 bits per heavy atom. The number of benzene rings is 1. The third kappa shape index (κ3) is 2.93. The van der Waals surface area contributed by atoms with Gasteiger partial charge >= 0.3 is 0 Å². The van der Waals surface area contributed by atoms with Gasteiger partial charge in [0.15, 0.2) is 5.58 Å². The Hall–Kier alpha value is -3.03. The molecule has 4 heterocycles. The molecule has 30 heavy (non-hydrogen) atoms. The Kier molecular flexibility index (Phi) is 4.17. The second-order valence-electron chi connectivity index (χ2n) is 7.89. The van der Waals surface area contributed by atoms with Gasteiger partial charge in [-0.05, 0) is 43.9 Å². The SMILES string of the molecule is O[C@H]1CC[C@H](n2cc(-c3cncc4oc(-c5cccc6ncsc56)cc34)cn2)CC1. The molecule has 0 bridgehead atoms. The fraction of sp³-hybridized carbons (Fsp3) is 0.261. The highest BCUT2D eigenvalue weighted by Gasteiger charge is 2.22. The third-order valence-corrected chi connectivity index (χ3v) is 6.90. The molecule has 5 aromatic rings. The van der Waals surface area contributed by atoms with Gasteiger partial charge in [0.05, 0.1) is 40.3 Å². The Balaban J connectivity index is 1.41. The molecule has 1 aromatic carbocycles. The second kappa shape index (κ2) is 7.04. The maximum absolute atomic E-state index is 9.77. The highest BCUT2D eigenvalue weighted by Crippen LogP contribution is 2.38. The molecule has 0 aliphatic heterocycles. The zero-order valence-electron chi connectivity index (χ0n) is 16.2. The van der Waals surface area contributed by atoms with Crippen molar-refractivity contribution in [3.8, 4) is 22.5 Å². The summed E-state index contributed by atoms with van der Waals surface area (Å²) in [5, 5.41) is 15.4. The third-order valence-electron chi connectivity index (χ3n) is 6.02. The lowest BCUT2D eigenvalue weighted by molar-refractivity contribution is 0.108. The predicted octanol–water partition coefficient (Wildman–Crippen LogP) is 5.44. The first-order chi connectivity index (χ1) is 14.8. The lowest BCUT2D eigenvalue weighted by Crippen LogP contribution is -2.21. The summed E-state index contributed by atoms with van der Waals surface area (Å²) in [4.78, 5) is 8.82. The lowest BCUT2D eigenvalue weighted by Gasteiger charge is -2.25. The van der Waals surface area contributed by atoms with Crippen molar-refractivity contribution >= 4 is 32.5 Å². The first-order valence-electron chi connectivity index (χ1n) is 10.2. The van der Waals surface area contributed by atoms with Crippen molar-refractivity contribution < 1.29 is 9.52 Å². The van der Waals surface area contributed by atoms with E-state index in [1.807, 2.05) is 34.7 Å². The molecule has 1 N–H and O–H groups in total. The van der Waals surface area contributed by atoms with Crippen LogP contribution >= 0.6 is 11.3 Å². The smallest absolute Gasteiger partial charge is 0.153 e. The minimum atomic E-state index is -0.165. The first-order valence-corrected chi connectivity index (χ1v) is 11.1. The largest absolute Gasteiger partial charge is 0.454 e. The molecule has 0 unspecified atom stereocenters. The van der Waals surface area contributed by atoms with Gasteiger partial charge in [-0.3, -0.25) is 9.67 Å². The van der Waals surface area contributed by atoms with Crippen molar-refractivity contribution in [3.63, 3.8) is 0 Å². The molecule has 0 atom stereocenters. The summed E-state index contributed by atoms with van der Waals surface area (Å²) in [7, 11) is 0. The number of aromatic nitrogens is 4. The number of rotatable bonds is 3. The van der Waals surface area contributed by atoms with Gasteiger partial charge in [0.25, 0.3) is 0 Å². The van der Waals surface area contributed by atoms with Crippen molar-refractivity contribution in [2.75, 3.05) is 0 Å². The Morgan fingerprint density at radius 2 is 1.97 bits per heavy atom. The first kappa shape index (κ1) is 17.8. The van der Waals surface area contributed by atoms with Crippen molar-refractivity contribution in [1.82, 2.24) is 19.7 Å². The average Bonchev–Trinajstić information content (AvgIpc) is 3.52. The molecule has 1 aliphatic carbocycles. The molecule has 0 spiro atoms. The number of furan rings is 1. The minimum absolute atomic E-state index is 0.165. The van der Waals surface area contributed by atoms with Crippen LogP contribution in [0.25, 0.3) is 43.6 Å². The quantitative estimate of drug-likeness (QED) is 0.423. The van der Waals surface area contributed by atoms with Gasteiger partial charge in [-0.15, -0.1) is 11.3 Å². The topological polar surface area (TPSA) is 77.0 Å². The maximum Gasteiger partial charge on any atom is 0.153 e. The molecule has 0 saturated heterocycles. The number of pyridine rings is 1. The zero-order valence-corrected chi connectivity index (χ0v) is 17.0. The standard InChI is InChI=1S/C23H20N4O2S/c28-16-6-4-15(5-7-16)27-12-14(9-26-27)19-10-24-11-22-18(19)8-21(29-22)17-2-1-3-20-23(17)30-13-25-20/h1-3,8-13,15-16,28H,4-7H2/t15-,16-. The van der Waals surface area contributed by atoms with E-state index in [2.05, 4.69) is 33.4 Å². The summed E-state index contributed by atoms with van der Waals surface area (Å²) in [5.41, 5.74) is 6.70. The summed E-state index contributed by atoms with van der Waals surface area (Å²) in [6.07, 6.45) is 11.1. The Morgan fingerprint density at radius 1 is 1.07 bits per heavy atom. The molecule has 6 rings (SSSR count). The number of fused-ring (bicyclic) bond motifs is 2. The average molecular weight is 417 g/mol. The van der Waals surface area contributed by atoms with Gasteiger partial charge in [0, 0.05) is 34.5 Å². The molecule has 1 fully saturated rings. The van der Waals surface area contributed by atoms with Crippen LogP contribution in [-0.2, 0) is 0 Å². The molecule has 0 amide bonds. The van der Waals surface area contributed by atoms with Crippen LogP contribution in [0, 0.1) is 0 Å². The fourth-order valence-corrected chi connectivity index (χ4v) is 5.21. The van der Waals surface area contributed by atoms with Crippen LogP contribution in [0.4, 0.5) is 0 Å². The van der Waals surface area contributed by atoms with E-state index in [4.69, 9.17) is 4.42 Å². The molecular formula is C23H20N4O2S. The van der Waals surface area contributed by atoms with E-state index in [9.17, 15) is 5.11 Å². The van der Waals surface area contributed by atoms with E-state index in [0.29, 0.717) is 6.04 Å². The highest BCUT2D eigenvalue weighted by molar-refractivity contribution is 7.17. The van der Waals surface area contributed by atoms with Gasteiger partial charge in [-0.25, -0.2) is 4.98 Å². The normalized spacial score (nSPS) is 19.6. The maximum atomic E-state index is 9.77. The predicted molar refractivity (Wildman–Crippen MR) is 117 cm³/mol. The molecule has 1 saturated carbocycles. The number of nitrogens with zero attached hydrogens (tertiary/aromatic N) is 4. The monoisotopic (exact) mass is 416 g/mol. The summed E-state index contributed by atoms with van der Waals surface area (Å²) in [6, 6.07) is 8.53. The van der Waals surface area contributed by atoms with Crippen LogP contribution in [0.5, 0.6) is 0 Å². The summed E-state index contributed by atoms with van der Waals surface area (Å²) in [5.74, 6) is 0.822. The number of aliphatic hydroxyl groups is 1. The van der Waals surface area contributed by atoms with E-state index in [1.54, 1.807) is 17.5 Å². The summed E-state index contributed by atoms with van der Waals surface area (Å²) >= 11 is 1.62. The van der Waals surface area contributed by atoms with Crippen molar-refractivity contribution in [2.45, 2.75) is 37.8 Å². The van der Waals surface area contributed by atoms with E-state index in [1.165, 1.54) is 0 Å². The fourth-order valence-electron chi connectivity index (χ4n) is 4.40. The van der Waals surface area contributed by atoms with Gasteiger partial charge in [0.2, 0.25) is 0 Å². The van der Waals surface area contributed by atoms with E-state index < -0.39 is 0 Å². The van der Waals surface area contributed by atoms with Crippen molar-refractivity contribution in [3.05, 3.63) is 54.6 Å². The van der Waals surface area contributed by atoms with Crippen LogP contribution < -0.4 is 0 Å². The van der Waals surface area contributed by atoms with E-state index >= 15 is 0 Å². The molecule has 1 aliphatic rings.